The van der Waals surface area contributed by atoms with E-state index in [4.69, 9.17) is 9.47 Å². The molecular formula is C45H47F2N5O6. The van der Waals surface area contributed by atoms with E-state index in [0.717, 1.165) is 67.9 Å². The van der Waals surface area contributed by atoms with E-state index in [-0.39, 0.29) is 42.2 Å². The molecule has 3 atom stereocenters. The monoisotopic (exact) mass is 791 g/mol. The molecule has 13 heteroatoms. The number of rotatable bonds is 8. The molecule has 0 spiro atoms. The molecule has 4 aromatic rings. The van der Waals surface area contributed by atoms with E-state index in [1.165, 1.54) is 12.1 Å². The van der Waals surface area contributed by atoms with Gasteiger partial charge in [0.25, 0.3) is 5.91 Å². The van der Waals surface area contributed by atoms with Crippen LogP contribution in [0.2, 0.25) is 0 Å². The minimum Gasteiger partial charge on any atom is -0.508 e. The number of nitrogens with zero attached hydrogens (tertiary/aromatic N) is 4. The number of carbonyl (C=O) groups excluding carboxylic acids is 3. The van der Waals surface area contributed by atoms with Crippen LogP contribution in [-0.4, -0.2) is 98.2 Å². The number of nitrogens with one attached hydrogen (secondary N) is 1. The molecular weight excluding hydrogens is 745 g/mol. The van der Waals surface area contributed by atoms with Gasteiger partial charge >= 0.3 is 0 Å². The van der Waals surface area contributed by atoms with Crippen molar-refractivity contribution in [3.63, 3.8) is 0 Å². The Kier molecular flexibility index (Phi) is 10.2. The summed E-state index contributed by atoms with van der Waals surface area (Å²) in [6.07, 6.45) is 2.23. The van der Waals surface area contributed by atoms with Gasteiger partial charge in [0.2, 0.25) is 11.8 Å². The number of ether oxygens (including phenoxy) is 2. The summed E-state index contributed by atoms with van der Waals surface area (Å²) in [5.41, 5.74) is 4.78. The van der Waals surface area contributed by atoms with Crippen LogP contribution in [0.5, 0.6) is 17.2 Å². The second-order valence-electron chi connectivity index (χ2n) is 16.2. The molecule has 3 saturated heterocycles. The first-order valence-corrected chi connectivity index (χ1v) is 20.2. The molecule has 0 aliphatic carbocycles. The van der Waals surface area contributed by atoms with Gasteiger partial charge < -0.3 is 29.3 Å². The number of anilines is 2. The SMILES string of the molecule is COc1cccc([C@H]2COc3cc(O)ccc3[C@H]2c2cc(F)c(N3CCC(CN4CCN(c5ccc6c(c5)CN([C@H]5CCC(=O)NC5=O)C6=O)CC4)CC3)c(F)c2)c1. The number of carbonyl (C=O) groups is 3. The zero-order valence-corrected chi connectivity index (χ0v) is 32.5. The number of hydrogen-bond donors (Lipinski definition) is 2. The van der Waals surface area contributed by atoms with Crippen LogP contribution < -0.4 is 24.6 Å². The molecule has 3 amide bonds. The van der Waals surface area contributed by atoms with Crippen molar-refractivity contribution in [2.24, 2.45) is 5.92 Å². The van der Waals surface area contributed by atoms with Crippen LogP contribution in [-0.2, 0) is 16.1 Å². The average Bonchev–Trinajstić information content (AvgIpc) is 3.55. The lowest BCUT2D eigenvalue weighted by Crippen LogP contribution is -2.52. The van der Waals surface area contributed by atoms with E-state index < -0.39 is 29.5 Å². The fourth-order valence-corrected chi connectivity index (χ4v) is 9.69. The third kappa shape index (κ3) is 7.20. The Balaban J connectivity index is 0.818. The lowest BCUT2D eigenvalue weighted by atomic mass is 9.75. The molecule has 0 aromatic heterocycles. The molecule has 0 bridgehead atoms. The number of phenolic OH excluding ortho intramolecular Hbond substituents is 1. The Morgan fingerprint density at radius 3 is 2.36 bits per heavy atom. The maximum absolute atomic E-state index is 16.2. The Morgan fingerprint density at radius 1 is 0.845 bits per heavy atom. The fourth-order valence-electron chi connectivity index (χ4n) is 9.69. The van der Waals surface area contributed by atoms with Gasteiger partial charge in [-0.1, -0.05) is 18.2 Å². The van der Waals surface area contributed by atoms with Crippen molar-refractivity contribution in [2.45, 2.75) is 50.1 Å². The summed E-state index contributed by atoms with van der Waals surface area (Å²) >= 11 is 0. The zero-order chi connectivity index (χ0) is 40.1. The predicted octanol–water partition coefficient (Wildman–Crippen LogP) is 5.79. The fraction of sp³-hybridized carbons (Fsp3) is 0.400. The molecule has 58 heavy (non-hydrogen) atoms. The normalized spacial score (nSPS) is 22.7. The Hall–Kier alpha value is -5.69. The van der Waals surface area contributed by atoms with Crippen LogP contribution in [0.1, 0.15) is 70.1 Å². The van der Waals surface area contributed by atoms with Gasteiger partial charge in [0.05, 0.1) is 13.7 Å². The molecule has 5 heterocycles. The predicted molar refractivity (Wildman–Crippen MR) is 214 cm³/mol. The number of halogens is 2. The molecule has 0 saturated carbocycles. The van der Waals surface area contributed by atoms with Gasteiger partial charge in [0.1, 0.15) is 40.6 Å². The molecule has 5 aliphatic heterocycles. The van der Waals surface area contributed by atoms with E-state index in [1.54, 1.807) is 30.2 Å². The van der Waals surface area contributed by atoms with E-state index >= 15 is 8.78 Å². The number of aromatic hydroxyl groups is 1. The van der Waals surface area contributed by atoms with Gasteiger partial charge in [-0.15, -0.1) is 0 Å². The van der Waals surface area contributed by atoms with Gasteiger partial charge in [-0.05, 0) is 90.4 Å². The van der Waals surface area contributed by atoms with Crippen molar-refractivity contribution in [3.8, 4) is 17.2 Å². The van der Waals surface area contributed by atoms with Crippen LogP contribution in [0.15, 0.2) is 72.8 Å². The van der Waals surface area contributed by atoms with Gasteiger partial charge in [-0.2, -0.15) is 0 Å². The van der Waals surface area contributed by atoms with Crippen molar-refractivity contribution in [3.05, 3.63) is 112 Å². The van der Waals surface area contributed by atoms with Crippen molar-refractivity contribution in [2.75, 3.05) is 69.3 Å². The number of piperidine rings is 2. The highest BCUT2D eigenvalue weighted by Crippen LogP contribution is 2.48. The zero-order valence-electron chi connectivity index (χ0n) is 32.5. The molecule has 2 N–H and O–H groups in total. The van der Waals surface area contributed by atoms with Gasteiger partial charge in [0, 0.05) is 93.5 Å². The van der Waals surface area contributed by atoms with E-state index in [1.807, 2.05) is 41.3 Å². The molecule has 302 valence electrons. The van der Waals surface area contributed by atoms with Gasteiger partial charge in [-0.25, -0.2) is 8.78 Å². The molecule has 0 unspecified atom stereocenters. The molecule has 3 fully saturated rings. The lowest BCUT2D eigenvalue weighted by molar-refractivity contribution is -0.136. The summed E-state index contributed by atoms with van der Waals surface area (Å²) in [7, 11) is 1.60. The summed E-state index contributed by atoms with van der Waals surface area (Å²) in [4.78, 5) is 45.5. The van der Waals surface area contributed by atoms with Crippen LogP contribution in [0.3, 0.4) is 0 Å². The van der Waals surface area contributed by atoms with Crippen LogP contribution >= 0.6 is 0 Å². The maximum Gasteiger partial charge on any atom is 0.255 e. The van der Waals surface area contributed by atoms with E-state index in [2.05, 4.69) is 21.2 Å². The first-order valence-electron chi connectivity index (χ1n) is 20.2. The summed E-state index contributed by atoms with van der Waals surface area (Å²) in [6, 6.07) is 20.8. The minimum absolute atomic E-state index is 0.0167. The van der Waals surface area contributed by atoms with Crippen molar-refractivity contribution < 1.29 is 37.7 Å². The molecule has 11 nitrogen and oxygen atoms in total. The van der Waals surface area contributed by atoms with Crippen LogP contribution in [0, 0.1) is 17.6 Å². The van der Waals surface area contributed by atoms with Crippen molar-refractivity contribution in [1.82, 2.24) is 15.1 Å². The highest BCUT2D eigenvalue weighted by molar-refractivity contribution is 6.05. The third-order valence-electron chi connectivity index (χ3n) is 12.8. The first-order chi connectivity index (χ1) is 28.1. The Morgan fingerprint density at radius 2 is 1.62 bits per heavy atom. The summed E-state index contributed by atoms with van der Waals surface area (Å²) in [6.45, 7) is 6.11. The Bertz CT molecular complexity index is 2230. The van der Waals surface area contributed by atoms with Crippen molar-refractivity contribution >= 4 is 29.1 Å². The molecule has 4 aromatic carbocycles. The van der Waals surface area contributed by atoms with Crippen LogP contribution in [0.25, 0.3) is 0 Å². The summed E-state index contributed by atoms with van der Waals surface area (Å²) < 4.78 is 43.9. The van der Waals surface area contributed by atoms with Crippen LogP contribution in [0.4, 0.5) is 20.2 Å². The quantitative estimate of drug-likeness (QED) is 0.214. The minimum atomic E-state index is -0.632. The smallest absolute Gasteiger partial charge is 0.255 e. The maximum atomic E-state index is 16.2. The molecule has 0 radical (unpaired) electrons. The lowest BCUT2D eigenvalue weighted by Gasteiger charge is -2.40. The highest BCUT2D eigenvalue weighted by atomic mass is 19.1. The highest BCUT2D eigenvalue weighted by Gasteiger charge is 2.40. The number of fused-ring (bicyclic) bond motifs is 2. The van der Waals surface area contributed by atoms with Crippen molar-refractivity contribution in [1.29, 1.82) is 0 Å². The number of imide groups is 1. The summed E-state index contributed by atoms with van der Waals surface area (Å²) in [5, 5.41) is 12.5. The number of hydrogen-bond acceptors (Lipinski definition) is 9. The molecule has 5 aliphatic rings. The van der Waals surface area contributed by atoms with Gasteiger partial charge in [0.15, 0.2) is 0 Å². The first kappa shape index (κ1) is 37.9. The average molecular weight is 792 g/mol. The number of piperazine rings is 1. The number of methoxy groups -OCH3 is 1. The standard InChI is InChI=1S/C45H47F2N5O6/c1-57-33-4-2-3-28(20-33)36-26-58-40-23-32(53)6-8-35(40)42(36)29-21-37(46)43(38(47)22-29)51-13-11-27(12-14-51)24-49-15-17-50(18-16-49)31-5-7-34-30(19-31)25-52(45(34)56)39-9-10-41(54)48-44(39)55/h2-8,19-23,27,36,39,42,53H,9-18,24-26H2,1H3,(H,48,54,55)/t36-,39+,42-/m1/s1. The largest absolute Gasteiger partial charge is 0.508 e. The topological polar surface area (TPSA) is 115 Å². The third-order valence-corrected chi connectivity index (χ3v) is 12.8. The number of phenols is 1. The molecule has 9 rings (SSSR count). The Labute approximate surface area is 336 Å². The second-order valence-corrected chi connectivity index (χ2v) is 16.2. The van der Waals surface area contributed by atoms with E-state index in [0.29, 0.717) is 54.6 Å². The number of amides is 3. The van der Waals surface area contributed by atoms with Gasteiger partial charge in [-0.3, -0.25) is 24.6 Å². The summed E-state index contributed by atoms with van der Waals surface area (Å²) in [5.74, 6) is -1.04. The number of benzene rings is 4. The van der Waals surface area contributed by atoms with E-state index in [9.17, 15) is 19.5 Å². The second kappa shape index (κ2) is 15.6.